The van der Waals surface area contributed by atoms with Gasteiger partial charge < -0.3 is 15.6 Å². The minimum absolute atomic E-state index is 0.0120. The number of H-pyrrole nitrogens is 1. The van der Waals surface area contributed by atoms with Crippen LogP contribution in [0.5, 0.6) is 0 Å². The highest BCUT2D eigenvalue weighted by atomic mass is 35.5. The highest BCUT2D eigenvalue weighted by Crippen LogP contribution is 2.53. The van der Waals surface area contributed by atoms with E-state index in [2.05, 4.69) is 30.6 Å². The highest BCUT2D eigenvalue weighted by Gasteiger charge is 2.52. The summed E-state index contributed by atoms with van der Waals surface area (Å²) in [7, 11) is 0. The van der Waals surface area contributed by atoms with Crippen LogP contribution in [0.2, 0.25) is 5.28 Å². The minimum Gasteiger partial charge on any atom is -0.357 e. The molecule has 8 nitrogen and oxygen atoms in total. The number of anilines is 2. The van der Waals surface area contributed by atoms with Crippen molar-refractivity contribution in [3.63, 3.8) is 0 Å². The van der Waals surface area contributed by atoms with Gasteiger partial charge in [-0.15, -0.1) is 0 Å². The molecule has 1 amide bonds. The molecule has 3 aromatic rings. The van der Waals surface area contributed by atoms with Crippen LogP contribution in [0.4, 0.5) is 24.8 Å². The molecule has 1 fully saturated rings. The first-order chi connectivity index (χ1) is 17.8. The highest BCUT2D eigenvalue weighted by molar-refractivity contribution is 6.28. The number of rotatable bonds is 4. The van der Waals surface area contributed by atoms with Crippen molar-refractivity contribution in [3.8, 4) is 11.3 Å². The number of halogens is 4. The lowest BCUT2D eigenvalue weighted by Crippen LogP contribution is -2.39. The van der Waals surface area contributed by atoms with Crippen LogP contribution in [0.1, 0.15) is 51.3 Å². The normalized spacial score (nSPS) is 19.2. The van der Waals surface area contributed by atoms with E-state index in [1.807, 2.05) is 0 Å². The molecule has 1 spiro atoms. The smallest absolute Gasteiger partial charge is 0.253 e. The van der Waals surface area contributed by atoms with Gasteiger partial charge >= 0.3 is 0 Å². The van der Waals surface area contributed by atoms with Gasteiger partial charge in [0.25, 0.3) is 12.3 Å². The number of nitrogens with one attached hydrogen (secondary N) is 3. The van der Waals surface area contributed by atoms with Crippen molar-refractivity contribution in [1.82, 2.24) is 30.2 Å². The Bertz CT molecular complexity index is 1470. The van der Waals surface area contributed by atoms with Gasteiger partial charge in [-0.1, -0.05) is 0 Å². The van der Waals surface area contributed by atoms with E-state index in [9.17, 15) is 13.6 Å². The zero-order chi connectivity index (χ0) is 25.5. The topological polar surface area (TPSA) is 98.8 Å². The number of aromatic amines is 1. The maximum Gasteiger partial charge on any atom is 0.253 e. The molecular weight excluding hydrogens is 507 g/mol. The third kappa shape index (κ3) is 3.62. The number of hydrogen-bond acceptors (Lipinski definition) is 6. The number of hydrogen-bond donors (Lipinski definition) is 3. The summed E-state index contributed by atoms with van der Waals surface area (Å²) in [6.07, 6.45) is 2.76. The van der Waals surface area contributed by atoms with Crippen molar-refractivity contribution in [1.29, 1.82) is 0 Å². The van der Waals surface area contributed by atoms with E-state index in [1.54, 1.807) is 11.1 Å². The minimum atomic E-state index is -2.47. The van der Waals surface area contributed by atoms with Gasteiger partial charge in [-0.25, -0.2) is 28.1 Å². The van der Waals surface area contributed by atoms with E-state index < -0.39 is 12.2 Å². The first-order valence-corrected chi connectivity index (χ1v) is 12.7. The second-order valence-corrected chi connectivity index (χ2v) is 10.6. The molecule has 0 bridgehead atoms. The number of carbonyl (C=O) groups excluding carboxylic acids is 1. The molecule has 1 saturated carbocycles. The maximum atomic E-state index is 16.1. The number of carbonyl (C=O) groups is 1. The Morgan fingerprint density at radius 2 is 1.97 bits per heavy atom. The molecule has 192 valence electrons. The molecule has 37 heavy (non-hydrogen) atoms. The quantitative estimate of drug-likeness (QED) is 0.443. The van der Waals surface area contributed by atoms with Gasteiger partial charge in [0.05, 0.1) is 23.5 Å². The molecule has 7 rings (SSSR count). The summed E-state index contributed by atoms with van der Waals surface area (Å²) >= 11 is 6.14. The number of aromatic nitrogens is 4. The summed E-state index contributed by atoms with van der Waals surface area (Å²) in [5, 5.41) is 5.96. The van der Waals surface area contributed by atoms with E-state index >= 15 is 4.39 Å². The Morgan fingerprint density at radius 3 is 2.76 bits per heavy atom. The van der Waals surface area contributed by atoms with Crippen LogP contribution < -0.4 is 10.6 Å². The Kier molecular flexibility index (Phi) is 5.07. The average molecular weight is 530 g/mol. The molecule has 3 N–H and O–H groups in total. The SMILES string of the molecule is O=C1NCC2(CC2)c2[nH]c3c(c21)CCc1cnc(Nc2nc(Cl)nc4c2CN(CC(F)F)CC4)c(F)c1-3. The maximum absolute atomic E-state index is 16.1. The molecule has 0 radical (unpaired) electrons. The van der Waals surface area contributed by atoms with Crippen LogP contribution in [0.15, 0.2) is 6.20 Å². The number of pyridine rings is 1. The summed E-state index contributed by atoms with van der Waals surface area (Å²) in [5.74, 6) is -0.478. The first-order valence-electron chi connectivity index (χ1n) is 12.4. The van der Waals surface area contributed by atoms with Crippen LogP contribution in [0.3, 0.4) is 0 Å². The predicted molar refractivity (Wildman–Crippen MR) is 130 cm³/mol. The van der Waals surface area contributed by atoms with Gasteiger partial charge in [0.1, 0.15) is 5.82 Å². The van der Waals surface area contributed by atoms with E-state index in [-0.39, 0.29) is 41.3 Å². The Hall–Kier alpha value is -3.18. The van der Waals surface area contributed by atoms with Crippen molar-refractivity contribution in [2.24, 2.45) is 0 Å². The zero-order valence-electron chi connectivity index (χ0n) is 19.7. The van der Waals surface area contributed by atoms with Crippen LogP contribution in [-0.2, 0) is 31.2 Å². The summed E-state index contributed by atoms with van der Waals surface area (Å²) in [5.41, 5.74) is 5.35. The average Bonchev–Trinajstić information content (AvgIpc) is 3.53. The molecule has 2 aliphatic heterocycles. The van der Waals surface area contributed by atoms with Crippen molar-refractivity contribution >= 4 is 29.1 Å². The summed E-state index contributed by atoms with van der Waals surface area (Å²) in [6.45, 7) is 0.836. The Labute approximate surface area is 215 Å². The fourth-order valence-corrected chi connectivity index (χ4v) is 6.18. The number of fused-ring (bicyclic) bond motifs is 7. The van der Waals surface area contributed by atoms with Crippen molar-refractivity contribution in [3.05, 3.63) is 50.9 Å². The second-order valence-electron chi connectivity index (χ2n) is 10.3. The Morgan fingerprint density at radius 1 is 1.14 bits per heavy atom. The van der Waals surface area contributed by atoms with Crippen LogP contribution >= 0.6 is 11.6 Å². The molecule has 5 heterocycles. The molecule has 3 aromatic heterocycles. The zero-order valence-corrected chi connectivity index (χ0v) is 20.5. The molecular formula is C25H23ClF3N7O. The van der Waals surface area contributed by atoms with Gasteiger partial charge in [0.2, 0.25) is 5.28 Å². The number of alkyl halides is 2. The Balaban J connectivity index is 1.29. The van der Waals surface area contributed by atoms with Gasteiger partial charge in [-0.3, -0.25) is 9.69 Å². The fourth-order valence-electron chi connectivity index (χ4n) is 5.99. The molecule has 0 aromatic carbocycles. The van der Waals surface area contributed by atoms with E-state index in [4.69, 9.17) is 11.6 Å². The standard InChI is InChI=1S/C25H23ClF3N7O/c26-24-32-14-3-6-36(9-15(27)28)8-13(14)21(35-24)34-22-18(29)16-11(7-30-22)1-2-12-17-20(33-19(12)16)25(4-5-25)10-31-23(17)37/h7,15,33H,1-6,8-10H2,(H,31,37)(H,30,32,34,35). The number of nitrogens with zero attached hydrogens (tertiary/aromatic N) is 4. The van der Waals surface area contributed by atoms with E-state index in [0.717, 1.165) is 29.7 Å². The van der Waals surface area contributed by atoms with Gasteiger partial charge in [0, 0.05) is 54.5 Å². The lowest BCUT2D eigenvalue weighted by molar-refractivity contribution is 0.0817. The monoisotopic (exact) mass is 529 g/mol. The third-order valence-electron chi connectivity index (χ3n) is 8.04. The van der Waals surface area contributed by atoms with E-state index in [1.165, 1.54) is 0 Å². The van der Waals surface area contributed by atoms with Crippen molar-refractivity contribution < 1.29 is 18.0 Å². The molecule has 0 saturated heterocycles. The summed E-state index contributed by atoms with van der Waals surface area (Å²) in [6, 6.07) is 0. The van der Waals surface area contributed by atoms with Crippen LogP contribution in [0, 0.1) is 5.82 Å². The lowest BCUT2D eigenvalue weighted by atomic mass is 9.86. The first kappa shape index (κ1) is 23.0. The largest absolute Gasteiger partial charge is 0.357 e. The number of amides is 1. The predicted octanol–water partition coefficient (Wildman–Crippen LogP) is 3.90. The second kappa shape index (κ2) is 8.16. The van der Waals surface area contributed by atoms with E-state index in [0.29, 0.717) is 60.4 Å². The molecule has 2 aliphatic carbocycles. The van der Waals surface area contributed by atoms with Gasteiger partial charge in [0.15, 0.2) is 11.6 Å². The molecule has 0 unspecified atom stereocenters. The fraction of sp³-hybridized carbons (Fsp3) is 0.440. The molecule has 4 aliphatic rings. The van der Waals surface area contributed by atoms with Crippen molar-refractivity contribution in [2.75, 3.05) is 25.0 Å². The molecule has 12 heteroatoms. The van der Waals surface area contributed by atoms with Crippen LogP contribution in [-0.4, -0.2) is 56.8 Å². The molecule has 0 atom stereocenters. The van der Waals surface area contributed by atoms with Crippen LogP contribution in [0.25, 0.3) is 11.3 Å². The summed E-state index contributed by atoms with van der Waals surface area (Å²) in [4.78, 5) is 30.6. The van der Waals surface area contributed by atoms with Gasteiger partial charge in [-0.2, -0.15) is 0 Å². The third-order valence-corrected chi connectivity index (χ3v) is 8.21. The van der Waals surface area contributed by atoms with Gasteiger partial charge in [-0.05, 0) is 48.4 Å². The van der Waals surface area contributed by atoms with Crippen molar-refractivity contribution in [2.45, 2.75) is 50.5 Å². The number of aryl methyl sites for hydroxylation is 1. The summed E-state index contributed by atoms with van der Waals surface area (Å²) < 4.78 is 42.1. The lowest BCUT2D eigenvalue weighted by Gasteiger charge is -2.29.